The Morgan fingerprint density at radius 1 is 1.30 bits per heavy atom. The molecule has 0 heterocycles. The van der Waals surface area contributed by atoms with Gasteiger partial charge in [-0.15, -0.1) is 0 Å². The Labute approximate surface area is 90.5 Å². The van der Waals surface area contributed by atoms with Crippen LogP contribution in [0.1, 0.15) is 13.8 Å². The van der Waals surface area contributed by atoms with Gasteiger partial charge in [-0.05, 0) is 13.8 Å². The molecule has 0 rings (SSSR count). The Bertz CT molecular complexity index is 108. The Morgan fingerprint density at radius 3 is 1.80 bits per heavy atom. The van der Waals surface area contributed by atoms with Crippen molar-refractivity contribution in [1.82, 2.24) is 0 Å². The second-order valence-corrected chi connectivity index (χ2v) is 2.76. The van der Waals surface area contributed by atoms with Crippen molar-refractivity contribution in [2.75, 3.05) is 13.2 Å². The van der Waals surface area contributed by atoms with Crippen molar-refractivity contribution < 1.29 is 18.5 Å². The van der Waals surface area contributed by atoms with Gasteiger partial charge in [0.1, 0.15) is 0 Å². The van der Waals surface area contributed by atoms with Crippen molar-refractivity contribution in [3.63, 3.8) is 0 Å². The smallest absolute Gasteiger partial charge is 0.302 e. The molecule has 0 aliphatic carbocycles. The van der Waals surface area contributed by atoms with Crippen molar-refractivity contribution in [2.24, 2.45) is 0 Å². The van der Waals surface area contributed by atoms with Crippen molar-refractivity contribution in [3.8, 4) is 0 Å². The third kappa shape index (κ3) is 7.48. The number of phosphoric ester groups is 1. The zero-order valence-electron chi connectivity index (χ0n) is 6.24. The summed E-state index contributed by atoms with van der Waals surface area (Å²) >= 11 is 0. The number of phosphoric acid groups is 1. The summed E-state index contributed by atoms with van der Waals surface area (Å²) in [4.78, 5) is 8.63. The molecule has 0 aromatic rings. The first-order valence-electron chi connectivity index (χ1n) is 2.74. The topological polar surface area (TPSA) is 55.8 Å². The van der Waals surface area contributed by atoms with Gasteiger partial charge in [-0.2, -0.15) is 0 Å². The number of rotatable bonds is 4. The van der Waals surface area contributed by atoms with E-state index in [-0.39, 0.29) is 51.0 Å². The van der Waals surface area contributed by atoms with Gasteiger partial charge in [-0.25, -0.2) is 4.57 Å². The van der Waals surface area contributed by atoms with Gasteiger partial charge in [-0.3, -0.25) is 9.05 Å². The van der Waals surface area contributed by atoms with Crippen LogP contribution in [-0.2, 0) is 13.6 Å². The van der Waals surface area contributed by atoms with E-state index in [4.69, 9.17) is 4.89 Å². The Hall–Kier alpha value is 1.37. The second kappa shape index (κ2) is 7.04. The van der Waals surface area contributed by atoms with Crippen LogP contribution < -0.4 is 0 Å². The van der Waals surface area contributed by atoms with Crippen molar-refractivity contribution in [3.05, 3.63) is 0 Å². The first kappa shape index (κ1) is 13.9. The normalized spacial score (nSPS) is 10.7. The van der Waals surface area contributed by atoms with Crippen LogP contribution in [0.15, 0.2) is 0 Å². The van der Waals surface area contributed by atoms with Crippen LogP contribution in [0.4, 0.5) is 0 Å². The standard InChI is InChI=1S/C4H11O4P.Ca/c1-3-7-9(5,6)8-4-2;/h3-4H2,1-2H3,(H,5,6);. The summed E-state index contributed by atoms with van der Waals surface area (Å²) in [5.41, 5.74) is 0. The Balaban J connectivity index is 0. The van der Waals surface area contributed by atoms with Crippen LogP contribution in [0.2, 0.25) is 0 Å². The quantitative estimate of drug-likeness (QED) is 0.530. The number of hydrogen-bond acceptors (Lipinski definition) is 3. The maximum atomic E-state index is 10.5. The molecule has 0 aliphatic heterocycles. The van der Waals surface area contributed by atoms with E-state index >= 15 is 0 Å². The fraction of sp³-hybridized carbons (Fsp3) is 1.00. The molecule has 0 unspecified atom stereocenters. The molecule has 6 heteroatoms. The summed E-state index contributed by atoms with van der Waals surface area (Å²) in [7, 11) is -3.69. The van der Waals surface area contributed by atoms with Crippen molar-refractivity contribution in [2.45, 2.75) is 13.8 Å². The molecule has 0 saturated carbocycles. The van der Waals surface area contributed by atoms with E-state index < -0.39 is 7.82 Å². The fourth-order valence-electron chi connectivity index (χ4n) is 0.364. The van der Waals surface area contributed by atoms with E-state index in [1.54, 1.807) is 13.8 Å². The van der Waals surface area contributed by atoms with Crippen LogP contribution in [-0.4, -0.2) is 55.8 Å². The molecule has 0 aromatic carbocycles. The maximum absolute atomic E-state index is 10.5. The van der Waals surface area contributed by atoms with E-state index in [1.807, 2.05) is 0 Å². The fourth-order valence-corrected chi connectivity index (χ4v) is 1.09. The van der Waals surface area contributed by atoms with E-state index in [2.05, 4.69) is 9.05 Å². The molecule has 0 fully saturated rings. The van der Waals surface area contributed by atoms with E-state index in [0.29, 0.717) is 0 Å². The van der Waals surface area contributed by atoms with Gasteiger partial charge in [0.2, 0.25) is 0 Å². The molecule has 0 spiro atoms. The molecule has 10 heavy (non-hydrogen) atoms. The molecule has 0 aromatic heterocycles. The summed E-state index contributed by atoms with van der Waals surface area (Å²) in [6.45, 7) is 3.63. The molecular formula is C4H11CaO4P. The maximum Gasteiger partial charge on any atom is 0.472 e. The monoisotopic (exact) mass is 194 g/mol. The molecule has 58 valence electrons. The molecule has 0 bridgehead atoms. The minimum atomic E-state index is -3.69. The summed E-state index contributed by atoms with van der Waals surface area (Å²) in [6.07, 6.45) is 0. The van der Waals surface area contributed by atoms with Gasteiger partial charge < -0.3 is 4.89 Å². The average Bonchev–Trinajstić information content (AvgIpc) is 1.64. The van der Waals surface area contributed by atoms with Crippen molar-refractivity contribution >= 4 is 45.6 Å². The Morgan fingerprint density at radius 2 is 1.60 bits per heavy atom. The van der Waals surface area contributed by atoms with Crippen LogP contribution in [0.3, 0.4) is 0 Å². The van der Waals surface area contributed by atoms with Gasteiger partial charge in [0.15, 0.2) is 0 Å². The summed E-state index contributed by atoms with van der Waals surface area (Å²) in [6, 6.07) is 0. The predicted molar refractivity (Wildman–Crippen MR) is 38.8 cm³/mol. The molecule has 0 atom stereocenters. The largest absolute Gasteiger partial charge is 0.472 e. The van der Waals surface area contributed by atoms with Crippen LogP contribution >= 0.6 is 7.82 Å². The van der Waals surface area contributed by atoms with Crippen LogP contribution in [0.25, 0.3) is 0 Å². The third-order valence-electron chi connectivity index (χ3n) is 0.584. The second-order valence-electron chi connectivity index (χ2n) is 1.30. The summed E-state index contributed by atoms with van der Waals surface area (Å²) < 4.78 is 19.2. The van der Waals surface area contributed by atoms with Gasteiger partial charge >= 0.3 is 7.82 Å². The molecule has 0 saturated heterocycles. The Kier molecular flexibility index (Phi) is 9.81. The third-order valence-corrected chi connectivity index (χ3v) is 1.75. The van der Waals surface area contributed by atoms with Crippen LogP contribution in [0, 0.1) is 0 Å². The molecule has 4 nitrogen and oxygen atoms in total. The number of hydrogen-bond donors (Lipinski definition) is 1. The summed E-state index contributed by atoms with van der Waals surface area (Å²) in [5, 5.41) is 0. The van der Waals surface area contributed by atoms with Crippen LogP contribution in [0.5, 0.6) is 0 Å². The minimum Gasteiger partial charge on any atom is -0.302 e. The molecule has 1 N–H and O–H groups in total. The SMILES string of the molecule is CCOP(=O)(O)OCC.[Ca]. The van der Waals surface area contributed by atoms with Gasteiger partial charge in [0, 0.05) is 37.7 Å². The van der Waals surface area contributed by atoms with Gasteiger partial charge in [-0.1, -0.05) is 0 Å². The average molecular weight is 194 g/mol. The first-order valence-corrected chi connectivity index (χ1v) is 4.23. The zero-order valence-corrected chi connectivity index (χ0v) is 9.34. The molecule has 0 amide bonds. The first-order chi connectivity index (χ1) is 4.12. The van der Waals surface area contributed by atoms with E-state index in [9.17, 15) is 4.57 Å². The summed E-state index contributed by atoms with van der Waals surface area (Å²) in [5.74, 6) is 0. The molecule has 0 aliphatic rings. The van der Waals surface area contributed by atoms with E-state index in [1.165, 1.54) is 0 Å². The van der Waals surface area contributed by atoms with Gasteiger partial charge in [0.05, 0.1) is 13.2 Å². The minimum absolute atomic E-state index is 0. The van der Waals surface area contributed by atoms with E-state index in [0.717, 1.165) is 0 Å². The van der Waals surface area contributed by atoms with Crippen molar-refractivity contribution in [1.29, 1.82) is 0 Å². The van der Waals surface area contributed by atoms with Gasteiger partial charge in [0.25, 0.3) is 0 Å². The molecular weight excluding hydrogens is 183 g/mol. The molecule has 2 radical (unpaired) electrons. The predicted octanol–water partition coefficient (Wildman–Crippen LogP) is 0.779. The zero-order chi connectivity index (χ0) is 7.33.